The lowest BCUT2D eigenvalue weighted by Gasteiger charge is -2.16. The highest BCUT2D eigenvalue weighted by atomic mass is 16.6. The molecule has 2 N–H and O–H groups in total. The van der Waals surface area contributed by atoms with Crippen molar-refractivity contribution in [3.63, 3.8) is 0 Å². The van der Waals surface area contributed by atoms with E-state index in [9.17, 15) is 14.4 Å². The van der Waals surface area contributed by atoms with E-state index in [1.165, 1.54) is 26.0 Å². The number of carbonyl (C=O) groups is 3. The Morgan fingerprint density at radius 2 is 1.54 bits per heavy atom. The second-order valence-electron chi connectivity index (χ2n) is 4.81. The van der Waals surface area contributed by atoms with Gasteiger partial charge >= 0.3 is 11.9 Å². The minimum atomic E-state index is -0.795. The number of hydrogen-bond acceptors (Lipinski definition) is 6. The summed E-state index contributed by atoms with van der Waals surface area (Å²) >= 11 is 0. The molecule has 0 saturated carbocycles. The minimum Gasteiger partial charge on any atom is -0.423 e. The predicted molar refractivity (Wildman–Crippen MR) is 83.7 cm³/mol. The van der Waals surface area contributed by atoms with Crippen LogP contribution in [0.15, 0.2) is 42.5 Å². The zero-order valence-electron chi connectivity index (χ0n) is 13.0. The normalized spacial score (nSPS) is 9.96. The van der Waals surface area contributed by atoms with Gasteiger partial charge in [-0.3, -0.25) is 19.6 Å². The van der Waals surface area contributed by atoms with Crippen molar-refractivity contribution < 1.29 is 29.1 Å². The molecular formula is C17H15NO6. The van der Waals surface area contributed by atoms with Crippen molar-refractivity contribution >= 4 is 17.8 Å². The summed E-state index contributed by atoms with van der Waals surface area (Å²) in [6.07, 6.45) is 0. The second-order valence-corrected chi connectivity index (χ2v) is 4.81. The van der Waals surface area contributed by atoms with Crippen molar-refractivity contribution in [2.24, 2.45) is 0 Å². The van der Waals surface area contributed by atoms with E-state index in [0.717, 1.165) is 0 Å². The first-order valence-corrected chi connectivity index (χ1v) is 6.97. The van der Waals surface area contributed by atoms with Gasteiger partial charge < -0.3 is 9.47 Å². The molecule has 7 nitrogen and oxygen atoms in total. The Labute approximate surface area is 137 Å². The first kappa shape index (κ1) is 17.2. The van der Waals surface area contributed by atoms with Crippen LogP contribution in [0.5, 0.6) is 11.5 Å². The monoisotopic (exact) mass is 329 g/mol. The quantitative estimate of drug-likeness (QED) is 0.386. The van der Waals surface area contributed by atoms with Crippen molar-refractivity contribution in [1.82, 2.24) is 5.48 Å². The number of benzene rings is 2. The van der Waals surface area contributed by atoms with Crippen LogP contribution in [0.2, 0.25) is 0 Å². The average molecular weight is 329 g/mol. The molecule has 0 atom stereocenters. The topological polar surface area (TPSA) is 102 Å². The Morgan fingerprint density at radius 3 is 2.08 bits per heavy atom. The standard InChI is InChI=1S/C17H15NO6/c1-10(19)23-14-9-8-13(17(21)18-22)15(16(14)24-11(2)20)12-6-4-3-5-7-12/h3-9,22H,1-2H3,(H,18,21). The summed E-state index contributed by atoms with van der Waals surface area (Å²) in [4.78, 5) is 34.7. The van der Waals surface area contributed by atoms with Gasteiger partial charge in [0.05, 0.1) is 5.56 Å². The second kappa shape index (κ2) is 7.38. The fraction of sp³-hybridized carbons (Fsp3) is 0.118. The Kier molecular flexibility index (Phi) is 5.28. The summed E-state index contributed by atoms with van der Waals surface area (Å²) in [6, 6.07) is 11.3. The number of ether oxygens (including phenoxy) is 2. The van der Waals surface area contributed by atoms with E-state index >= 15 is 0 Å². The van der Waals surface area contributed by atoms with Crippen molar-refractivity contribution in [1.29, 1.82) is 0 Å². The number of nitrogens with one attached hydrogen (secondary N) is 1. The molecule has 124 valence electrons. The molecule has 0 aliphatic carbocycles. The molecular weight excluding hydrogens is 314 g/mol. The minimum absolute atomic E-state index is 0.00829. The molecule has 2 aromatic rings. The van der Waals surface area contributed by atoms with Crippen LogP contribution >= 0.6 is 0 Å². The van der Waals surface area contributed by atoms with Gasteiger partial charge in [0, 0.05) is 19.4 Å². The molecule has 0 spiro atoms. The van der Waals surface area contributed by atoms with E-state index in [1.807, 2.05) is 0 Å². The number of rotatable bonds is 4. The van der Waals surface area contributed by atoms with Crippen LogP contribution < -0.4 is 15.0 Å². The third kappa shape index (κ3) is 3.76. The first-order chi connectivity index (χ1) is 11.4. The third-order valence-electron chi connectivity index (χ3n) is 3.03. The molecule has 2 rings (SSSR count). The molecule has 0 radical (unpaired) electrons. The fourth-order valence-corrected chi connectivity index (χ4v) is 2.18. The maximum atomic E-state index is 12.0. The van der Waals surface area contributed by atoms with E-state index in [-0.39, 0.29) is 22.6 Å². The maximum absolute atomic E-state index is 12.0. The summed E-state index contributed by atoms with van der Waals surface area (Å²) in [6.45, 7) is 2.39. The van der Waals surface area contributed by atoms with Gasteiger partial charge in [-0.15, -0.1) is 0 Å². The van der Waals surface area contributed by atoms with Crippen LogP contribution in [-0.4, -0.2) is 23.1 Å². The van der Waals surface area contributed by atoms with Crippen LogP contribution in [-0.2, 0) is 9.59 Å². The highest BCUT2D eigenvalue weighted by Crippen LogP contribution is 2.41. The molecule has 0 unspecified atom stereocenters. The number of hydrogen-bond donors (Lipinski definition) is 2. The zero-order chi connectivity index (χ0) is 17.7. The summed E-state index contributed by atoms with van der Waals surface area (Å²) in [7, 11) is 0. The Morgan fingerprint density at radius 1 is 0.917 bits per heavy atom. The number of amides is 1. The van der Waals surface area contributed by atoms with Crippen LogP contribution in [0.3, 0.4) is 0 Å². The van der Waals surface area contributed by atoms with Crippen molar-refractivity contribution in [3.8, 4) is 22.6 Å². The molecule has 2 aromatic carbocycles. The molecule has 0 bridgehead atoms. The smallest absolute Gasteiger partial charge is 0.308 e. The summed E-state index contributed by atoms with van der Waals surface area (Å²) < 4.78 is 10.3. The molecule has 0 saturated heterocycles. The number of hydroxylamine groups is 1. The lowest BCUT2D eigenvalue weighted by Crippen LogP contribution is -2.20. The highest BCUT2D eigenvalue weighted by molar-refractivity contribution is 6.03. The molecule has 0 fully saturated rings. The van der Waals surface area contributed by atoms with Crippen LogP contribution in [0.4, 0.5) is 0 Å². The van der Waals surface area contributed by atoms with E-state index in [1.54, 1.807) is 35.8 Å². The van der Waals surface area contributed by atoms with E-state index in [4.69, 9.17) is 14.7 Å². The third-order valence-corrected chi connectivity index (χ3v) is 3.03. The van der Waals surface area contributed by atoms with Crippen molar-refractivity contribution in [3.05, 3.63) is 48.0 Å². The van der Waals surface area contributed by atoms with Gasteiger partial charge in [-0.2, -0.15) is 0 Å². The van der Waals surface area contributed by atoms with Crippen molar-refractivity contribution in [2.45, 2.75) is 13.8 Å². The molecule has 0 heterocycles. The SMILES string of the molecule is CC(=O)Oc1ccc(C(=O)NO)c(-c2ccccc2)c1OC(C)=O. The molecule has 0 aromatic heterocycles. The molecule has 24 heavy (non-hydrogen) atoms. The summed E-state index contributed by atoms with van der Waals surface area (Å²) in [5.41, 5.74) is 2.36. The van der Waals surface area contributed by atoms with Gasteiger partial charge in [-0.25, -0.2) is 5.48 Å². The first-order valence-electron chi connectivity index (χ1n) is 6.97. The largest absolute Gasteiger partial charge is 0.423 e. The van der Waals surface area contributed by atoms with Crippen LogP contribution in [0.25, 0.3) is 11.1 Å². The Bertz CT molecular complexity index is 785. The Hall–Kier alpha value is -3.19. The fourth-order valence-electron chi connectivity index (χ4n) is 2.18. The average Bonchev–Trinajstić information content (AvgIpc) is 2.55. The molecule has 1 amide bonds. The van der Waals surface area contributed by atoms with Gasteiger partial charge in [0.1, 0.15) is 0 Å². The molecule has 0 aliphatic rings. The van der Waals surface area contributed by atoms with Gasteiger partial charge in [-0.05, 0) is 17.7 Å². The predicted octanol–water partition coefficient (Wildman–Crippen LogP) is 2.32. The maximum Gasteiger partial charge on any atom is 0.308 e. The Balaban J connectivity index is 2.78. The molecule has 0 aliphatic heterocycles. The molecule has 7 heteroatoms. The number of esters is 2. The lowest BCUT2D eigenvalue weighted by molar-refractivity contribution is -0.134. The summed E-state index contributed by atoms with van der Waals surface area (Å²) in [5.74, 6) is -2.14. The van der Waals surface area contributed by atoms with E-state index in [2.05, 4.69) is 0 Å². The lowest BCUT2D eigenvalue weighted by atomic mass is 9.97. The highest BCUT2D eigenvalue weighted by Gasteiger charge is 2.23. The summed E-state index contributed by atoms with van der Waals surface area (Å²) in [5, 5.41) is 8.95. The van der Waals surface area contributed by atoms with Gasteiger partial charge in [0.2, 0.25) is 0 Å². The van der Waals surface area contributed by atoms with E-state index in [0.29, 0.717) is 5.56 Å². The van der Waals surface area contributed by atoms with Crippen LogP contribution in [0.1, 0.15) is 24.2 Å². The van der Waals surface area contributed by atoms with Crippen molar-refractivity contribution in [2.75, 3.05) is 0 Å². The van der Waals surface area contributed by atoms with Gasteiger partial charge in [-0.1, -0.05) is 30.3 Å². The van der Waals surface area contributed by atoms with Crippen LogP contribution in [0, 0.1) is 0 Å². The zero-order valence-corrected chi connectivity index (χ0v) is 13.0. The van der Waals surface area contributed by atoms with E-state index < -0.39 is 17.8 Å². The number of carbonyl (C=O) groups excluding carboxylic acids is 3. The van der Waals surface area contributed by atoms with Gasteiger partial charge in [0.25, 0.3) is 5.91 Å². The van der Waals surface area contributed by atoms with Gasteiger partial charge in [0.15, 0.2) is 11.5 Å².